The maximum atomic E-state index is 13.3. The van der Waals surface area contributed by atoms with E-state index >= 15 is 0 Å². The number of hydrogen-bond acceptors (Lipinski definition) is 4. The van der Waals surface area contributed by atoms with E-state index in [1.807, 2.05) is 48.5 Å². The number of aromatic nitrogens is 1. The molecular weight excluding hydrogens is 486 g/mol. The second kappa shape index (κ2) is 9.47. The van der Waals surface area contributed by atoms with Crippen molar-refractivity contribution in [3.63, 3.8) is 0 Å². The van der Waals surface area contributed by atoms with Crippen molar-refractivity contribution in [3.8, 4) is 17.2 Å². The first-order valence-corrected chi connectivity index (χ1v) is 12.4. The molecule has 0 bridgehead atoms. The number of ketones is 2. The van der Waals surface area contributed by atoms with Gasteiger partial charge in [-0.25, -0.2) is 0 Å². The molecule has 0 fully saturated rings. The maximum absolute atomic E-state index is 13.3. The van der Waals surface area contributed by atoms with Gasteiger partial charge in [0.1, 0.15) is 11.5 Å². The van der Waals surface area contributed by atoms with Gasteiger partial charge in [0.05, 0.1) is 11.0 Å². The molecule has 0 amide bonds. The Morgan fingerprint density at radius 3 is 1.38 bits per heavy atom. The number of phenolic OH excluding ortho intramolecular Hbond substituents is 2. The molecule has 1 heterocycles. The first-order chi connectivity index (χ1) is 18.9. The van der Waals surface area contributed by atoms with Crippen LogP contribution in [0.2, 0.25) is 0 Å². The van der Waals surface area contributed by atoms with E-state index in [4.69, 9.17) is 0 Å². The Labute approximate surface area is 224 Å². The standard InChI is InChI=1S/C34H23NO4/c1-2-21-3-11-26(12-4-21)35-31-17-9-24(33(38)22-5-13-27(36)14-6-22)19-29(31)30-20-25(10-18-32(30)35)34(39)23-7-15-28(37)16-8-23/h2-20,36-37H,1H2. The molecule has 0 atom stereocenters. The van der Waals surface area contributed by atoms with Crippen LogP contribution in [0.4, 0.5) is 0 Å². The van der Waals surface area contributed by atoms with Crippen molar-refractivity contribution in [2.45, 2.75) is 0 Å². The summed E-state index contributed by atoms with van der Waals surface area (Å²) in [5.41, 5.74) is 5.69. The van der Waals surface area contributed by atoms with Crippen LogP contribution >= 0.6 is 0 Å². The summed E-state index contributed by atoms with van der Waals surface area (Å²) < 4.78 is 2.11. The zero-order chi connectivity index (χ0) is 27.1. The van der Waals surface area contributed by atoms with Gasteiger partial charge in [0, 0.05) is 38.7 Å². The molecule has 0 saturated carbocycles. The number of carbonyl (C=O) groups excluding carboxylic acids is 2. The third-order valence-electron chi connectivity index (χ3n) is 6.94. The molecule has 5 aromatic carbocycles. The van der Waals surface area contributed by atoms with Gasteiger partial charge >= 0.3 is 0 Å². The molecule has 5 nitrogen and oxygen atoms in total. The van der Waals surface area contributed by atoms with Gasteiger partial charge < -0.3 is 14.8 Å². The summed E-state index contributed by atoms with van der Waals surface area (Å²) in [6.45, 7) is 3.84. The molecule has 2 N–H and O–H groups in total. The molecule has 0 spiro atoms. The van der Waals surface area contributed by atoms with Gasteiger partial charge in [-0.2, -0.15) is 0 Å². The van der Waals surface area contributed by atoms with Crippen molar-refractivity contribution in [3.05, 3.63) is 144 Å². The van der Waals surface area contributed by atoms with Crippen LogP contribution in [0.5, 0.6) is 11.5 Å². The largest absolute Gasteiger partial charge is 0.508 e. The van der Waals surface area contributed by atoms with E-state index in [1.165, 1.54) is 24.3 Å². The molecule has 0 aliphatic rings. The van der Waals surface area contributed by atoms with Crippen molar-refractivity contribution < 1.29 is 19.8 Å². The normalized spacial score (nSPS) is 11.1. The Balaban J connectivity index is 1.56. The highest BCUT2D eigenvalue weighted by Gasteiger charge is 2.18. The predicted molar refractivity (Wildman–Crippen MR) is 154 cm³/mol. The second-order valence-electron chi connectivity index (χ2n) is 9.35. The first-order valence-electron chi connectivity index (χ1n) is 12.4. The Kier molecular flexibility index (Phi) is 5.81. The number of nitrogens with zero attached hydrogens (tertiary/aromatic N) is 1. The van der Waals surface area contributed by atoms with Crippen LogP contribution in [0.3, 0.4) is 0 Å². The fourth-order valence-corrected chi connectivity index (χ4v) is 4.90. The van der Waals surface area contributed by atoms with Crippen molar-refractivity contribution in [1.82, 2.24) is 4.57 Å². The molecule has 0 aliphatic carbocycles. The lowest BCUT2D eigenvalue weighted by molar-refractivity contribution is 0.103. The second-order valence-corrected chi connectivity index (χ2v) is 9.35. The molecule has 1 aromatic heterocycles. The van der Waals surface area contributed by atoms with Gasteiger partial charge in [-0.05, 0) is 103 Å². The minimum Gasteiger partial charge on any atom is -0.508 e. The number of hydrogen-bond donors (Lipinski definition) is 2. The SMILES string of the molecule is C=Cc1ccc(-n2c3ccc(C(=O)c4ccc(O)cc4)cc3c3cc(C(=O)c4ccc(O)cc4)ccc32)cc1. The van der Waals surface area contributed by atoms with Crippen molar-refractivity contribution in [1.29, 1.82) is 0 Å². The van der Waals surface area contributed by atoms with Gasteiger partial charge in [-0.15, -0.1) is 0 Å². The molecule has 0 aliphatic heterocycles. The molecule has 0 radical (unpaired) electrons. The fraction of sp³-hybridized carbons (Fsp3) is 0. The lowest BCUT2D eigenvalue weighted by Crippen LogP contribution is -2.01. The lowest BCUT2D eigenvalue weighted by atomic mass is 9.99. The highest BCUT2D eigenvalue weighted by molar-refractivity contribution is 6.17. The van der Waals surface area contributed by atoms with Crippen LogP contribution in [0.15, 0.2) is 116 Å². The minimum absolute atomic E-state index is 0.0957. The number of fused-ring (bicyclic) bond motifs is 3. The highest BCUT2D eigenvalue weighted by atomic mass is 16.3. The zero-order valence-electron chi connectivity index (χ0n) is 20.8. The van der Waals surface area contributed by atoms with Crippen molar-refractivity contribution in [2.75, 3.05) is 0 Å². The molecule has 39 heavy (non-hydrogen) atoms. The third-order valence-corrected chi connectivity index (χ3v) is 6.94. The van der Waals surface area contributed by atoms with E-state index in [1.54, 1.807) is 42.5 Å². The van der Waals surface area contributed by atoms with Crippen LogP contribution < -0.4 is 0 Å². The minimum atomic E-state index is -0.163. The molecule has 0 saturated heterocycles. The lowest BCUT2D eigenvalue weighted by Gasteiger charge is -2.09. The third kappa shape index (κ3) is 4.26. The molecule has 188 valence electrons. The Bertz CT molecular complexity index is 1780. The summed E-state index contributed by atoms with van der Waals surface area (Å²) in [6, 6.07) is 31.5. The number of rotatable bonds is 6. The summed E-state index contributed by atoms with van der Waals surface area (Å²) in [7, 11) is 0. The Hall–Kier alpha value is -5.42. The molecule has 6 aromatic rings. The quantitative estimate of drug-likeness (QED) is 0.231. The smallest absolute Gasteiger partial charge is 0.193 e. The fourth-order valence-electron chi connectivity index (χ4n) is 4.90. The molecule has 6 rings (SSSR count). The average Bonchev–Trinajstić information content (AvgIpc) is 3.30. The van der Waals surface area contributed by atoms with Gasteiger partial charge in [-0.3, -0.25) is 9.59 Å². The monoisotopic (exact) mass is 509 g/mol. The van der Waals surface area contributed by atoms with Gasteiger partial charge in [0.15, 0.2) is 11.6 Å². The van der Waals surface area contributed by atoms with E-state index in [-0.39, 0.29) is 23.1 Å². The Morgan fingerprint density at radius 1 is 0.564 bits per heavy atom. The average molecular weight is 510 g/mol. The summed E-state index contributed by atoms with van der Waals surface area (Å²) in [5.74, 6) is -0.134. The van der Waals surface area contributed by atoms with E-state index in [0.717, 1.165) is 33.1 Å². The van der Waals surface area contributed by atoms with Crippen LogP contribution in [0.25, 0.3) is 33.6 Å². The van der Waals surface area contributed by atoms with Crippen LogP contribution in [0, 0.1) is 0 Å². The molecular formula is C34H23NO4. The van der Waals surface area contributed by atoms with E-state index < -0.39 is 0 Å². The summed E-state index contributed by atoms with van der Waals surface area (Å²) >= 11 is 0. The number of carbonyl (C=O) groups is 2. The van der Waals surface area contributed by atoms with Crippen molar-refractivity contribution in [2.24, 2.45) is 0 Å². The molecule has 0 unspecified atom stereocenters. The summed E-state index contributed by atoms with van der Waals surface area (Å²) in [5, 5.41) is 20.9. The van der Waals surface area contributed by atoms with Gasteiger partial charge in [0.2, 0.25) is 0 Å². The maximum Gasteiger partial charge on any atom is 0.193 e. The summed E-state index contributed by atoms with van der Waals surface area (Å²) in [4.78, 5) is 26.6. The number of aromatic hydroxyl groups is 2. The Morgan fingerprint density at radius 2 is 0.974 bits per heavy atom. The summed E-state index contributed by atoms with van der Waals surface area (Å²) in [6.07, 6.45) is 1.79. The first kappa shape index (κ1) is 23.9. The van der Waals surface area contributed by atoms with Gasteiger partial charge in [-0.1, -0.05) is 24.8 Å². The number of benzene rings is 5. The highest BCUT2D eigenvalue weighted by Crippen LogP contribution is 2.34. The van der Waals surface area contributed by atoms with Crippen LogP contribution in [0.1, 0.15) is 37.4 Å². The van der Waals surface area contributed by atoms with Gasteiger partial charge in [0.25, 0.3) is 0 Å². The van der Waals surface area contributed by atoms with E-state index in [2.05, 4.69) is 11.1 Å². The molecule has 5 heteroatoms. The van der Waals surface area contributed by atoms with E-state index in [0.29, 0.717) is 22.3 Å². The van der Waals surface area contributed by atoms with Crippen LogP contribution in [-0.2, 0) is 0 Å². The zero-order valence-corrected chi connectivity index (χ0v) is 20.8. The number of phenols is 2. The van der Waals surface area contributed by atoms with Crippen molar-refractivity contribution >= 4 is 39.4 Å². The topological polar surface area (TPSA) is 79.5 Å². The van der Waals surface area contributed by atoms with Crippen LogP contribution in [-0.4, -0.2) is 26.3 Å². The predicted octanol–water partition coefficient (Wildman–Crippen LogP) is 7.30. The van der Waals surface area contributed by atoms with E-state index in [9.17, 15) is 19.8 Å².